The Balaban J connectivity index is 1.39. The number of likely N-dealkylation sites (tertiary alicyclic amines) is 1. The number of ether oxygens (including phenoxy) is 1. The van der Waals surface area contributed by atoms with Crippen molar-refractivity contribution in [2.24, 2.45) is 11.8 Å². The van der Waals surface area contributed by atoms with Crippen LogP contribution in [-0.2, 0) is 9.63 Å². The van der Waals surface area contributed by atoms with E-state index < -0.39 is 17.6 Å². The fourth-order valence-corrected chi connectivity index (χ4v) is 6.45. The van der Waals surface area contributed by atoms with Gasteiger partial charge in [-0.2, -0.15) is 5.48 Å². The number of rotatable bonds is 13. The first-order chi connectivity index (χ1) is 18.9. The Kier molecular flexibility index (Phi) is 10.5. The van der Waals surface area contributed by atoms with Gasteiger partial charge in [-0.3, -0.25) is 9.78 Å². The summed E-state index contributed by atoms with van der Waals surface area (Å²) in [6.07, 6.45) is 4.41. The number of carbonyl (C=O) groups is 1. The average Bonchev–Trinajstić information content (AvgIpc) is 2.90. The number of hydrogen-bond donors (Lipinski definition) is 2. The van der Waals surface area contributed by atoms with Gasteiger partial charge in [-0.05, 0) is 79.6 Å². The maximum absolute atomic E-state index is 13.5. The molecular formula is C29H35F2N3O4S. The topological polar surface area (TPSA) is 83.9 Å². The highest BCUT2D eigenvalue weighted by Gasteiger charge is 2.31. The number of halogens is 2. The van der Waals surface area contributed by atoms with Gasteiger partial charge in [0.05, 0.1) is 25.8 Å². The molecular weight excluding hydrogens is 524 g/mol. The normalized spacial score (nSPS) is 18.8. The maximum Gasteiger partial charge on any atom is 0.303 e. The minimum absolute atomic E-state index is 0.0188. The van der Waals surface area contributed by atoms with E-state index in [4.69, 9.17) is 9.57 Å². The lowest BCUT2D eigenvalue weighted by Crippen LogP contribution is -2.42. The van der Waals surface area contributed by atoms with Gasteiger partial charge in [0.1, 0.15) is 17.4 Å². The zero-order valence-electron chi connectivity index (χ0n) is 22.2. The third-order valence-corrected chi connectivity index (χ3v) is 8.32. The number of fused-ring (bicyclic) bond motifs is 1. The van der Waals surface area contributed by atoms with Gasteiger partial charge in [0.2, 0.25) is 0 Å². The van der Waals surface area contributed by atoms with E-state index in [1.165, 1.54) is 23.9 Å². The molecule has 2 N–H and O–H groups in total. The minimum Gasteiger partial charge on any atom is -0.497 e. The zero-order valence-corrected chi connectivity index (χ0v) is 23.1. The largest absolute Gasteiger partial charge is 0.497 e. The van der Waals surface area contributed by atoms with Crippen molar-refractivity contribution in [2.75, 3.05) is 39.6 Å². The van der Waals surface area contributed by atoms with Gasteiger partial charge in [0.15, 0.2) is 0 Å². The SMILES string of the molecule is CON[C@@H](CC[C@@H]1CCN(CCSc2cc(F)cc(F)c2)C[C@@H]1CC(=O)O)c1ccnc2ccc(OC)cc12. The number of benzene rings is 2. The number of pyridine rings is 1. The van der Waals surface area contributed by atoms with E-state index in [1.807, 2.05) is 24.3 Å². The lowest BCUT2D eigenvalue weighted by Gasteiger charge is -2.38. The summed E-state index contributed by atoms with van der Waals surface area (Å²) in [5.74, 6) is -0.264. The van der Waals surface area contributed by atoms with Crippen molar-refractivity contribution in [2.45, 2.75) is 36.6 Å². The van der Waals surface area contributed by atoms with Gasteiger partial charge in [0, 0.05) is 47.8 Å². The van der Waals surface area contributed by atoms with E-state index in [9.17, 15) is 18.7 Å². The lowest BCUT2D eigenvalue weighted by molar-refractivity contribution is -0.139. The number of aliphatic carboxylic acids is 1. The Morgan fingerprint density at radius 3 is 2.69 bits per heavy atom. The highest BCUT2D eigenvalue weighted by Crippen LogP contribution is 2.35. The first kappa shape index (κ1) is 29.2. The van der Waals surface area contributed by atoms with Crippen LogP contribution in [0.15, 0.2) is 53.6 Å². The molecule has 1 aliphatic heterocycles. The van der Waals surface area contributed by atoms with Crippen LogP contribution in [-0.4, -0.2) is 60.6 Å². The number of piperidine rings is 1. The first-order valence-electron chi connectivity index (χ1n) is 13.1. The standard InChI is InChI=1S/C29H35F2N3O4S/c1-37-23-4-6-27-26(17-23)25(7-9-32-27)28(33-38-2)5-3-19-8-10-34(18-20(19)13-29(35)36)11-12-39-24-15-21(30)14-22(31)16-24/h4,6-7,9,14-17,19-20,28,33H,3,5,8,10-13,18H2,1-2H3,(H,35,36)/t19-,20+,28+/m1/s1. The van der Waals surface area contributed by atoms with Crippen LogP contribution in [0.5, 0.6) is 5.75 Å². The number of carboxylic acids is 1. The Labute approximate surface area is 231 Å². The second-order valence-electron chi connectivity index (χ2n) is 9.90. The third-order valence-electron chi connectivity index (χ3n) is 7.37. The second-order valence-corrected chi connectivity index (χ2v) is 11.1. The molecule has 0 amide bonds. The molecule has 2 aromatic carbocycles. The molecule has 0 aliphatic carbocycles. The monoisotopic (exact) mass is 559 g/mol. The molecule has 1 aromatic heterocycles. The predicted octanol–water partition coefficient (Wildman–Crippen LogP) is 5.70. The summed E-state index contributed by atoms with van der Waals surface area (Å²) in [6.45, 7) is 2.27. The predicted molar refractivity (Wildman–Crippen MR) is 148 cm³/mol. The van der Waals surface area contributed by atoms with Gasteiger partial charge in [-0.15, -0.1) is 11.8 Å². The molecule has 0 bridgehead atoms. The number of thioether (sulfide) groups is 1. The third kappa shape index (κ3) is 8.11. The highest BCUT2D eigenvalue weighted by molar-refractivity contribution is 7.99. The van der Waals surface area contributed by atoms with Crippen molar-refractivity contribution in [3.05, 3.63) is 65.9 Å². The number of hydrogen-bond acceptors (Lipinski definition) is 7. The van der Waals surface area contributed by atoms with E-state index in [0.29, 0.717) is 17.2 Å². The molecule has 210 valence electrons. The van der Waals surface area contributed by atoms with E-state index in [2.05, 4.69) is 15.4 Å². The van der Waals surface area contributed by atoms with E-state index in [0.717, 1.165) is 60.6 Å². The minimum atomic E-state index is -0.796. The summed E-state index contributed by atoms with van der Waals surface area (Å²) in [6, 6.07) is 11.2. The molecule has 3 atom stereocenters. The van der Waals surface area contributed by atoms with Gasteiger partial charge in [-0.1, -0.05) is 0 Å². The van der Waals surface area contributed by atoms with E-state index >= 15 is 0 Å². The summed E-state index contributed by atoms with van der Waals surface area (Å²) in [7, 11) is 3.23. The van der Waals surface area contributed by atoms with Crippen molar-refractivity contribution >= 4 is 28.6 Å². The molecule has 1 aliphatic rings. The number of nitrogens with zero attached hydrogens (tertiary/aromatic N) is 2. The molecule has 3 aromatic rings. The van der Waals surface area contributed by atoms with Crippen molar-refractivity contribution in [3.8, 4) is 5.75 Å². The smallest absolute Gasteiger partial charge is 0.303 e. The Bertz CT molecular complexity index is 1240. The first-order valence-corrected chi connectivity index (χ1v) is 14.1. The molecule has 0 unspecified atom stereocenters. The number of methoxy groups -OCH3 is 1. The molecule has 39 heavy (non-hydrogen) atoms. The molecule has 1 fully saturated rings. The van der Waals surface area contributed by atoms with Gasteiger partial charge < -0.3 is 19.6 Å². The number of aromatic nitrogens is 1. The van der Waals surface area contributed by atoms with Crippen LogP contribution in [0.25, 0.3) is 10.9 Å². The van der Waals surface area contributed by atoms with Crippen LogP contribution >= 0.6 is 11.8 Å². The zero-order chi connectivity index (χ0) is 27.8. The number of carboxylic acid groups (broad SMARTS) is 1. The Morgan fingerprint density at radius 1 is 1.18 bits per heavy atom. The van der Waals surface area contributed by atoms with Crippen LogP contribution in [0.3, 0.4) is 0 Å². The van der Waals surface area contributed by atoms with Gasteiger partial charge in [-0.25, -0.2) is 8.78 Å². The molecule has 7 nitrogen and oxygen atoms in total. The molecule has 0 saturated carbocycles. The fraction of sp³-hybridized carbons (Fsp3) is 0.448. The van der Waals surface area contributed by atoms with Crippen LogP contribution in [0.2, 0.25) is 0 Å². The van der Waals surface area contributed by atoms with Gasteiger partial charge >= 0.3 is 5.97 Å². The average molecular weight is 560 g/mol. The maximum atomic E-state index is 13.5. The van der Waals surface area contributed by atoms with E-state index in [1.54, 1.807) is 20.4 Å². The summed E-state index contributed by atoms with van der Waals surface area (Å²) in [5.41, 5.74) is 5.05. The molecule has 4 rings (SSSR count). The Hall–Kier alpha value is -2.79. The molecule has 2 heterocycles. The lowest BCUT2D eigenvalue weighted by atomic mass is 9.79. The van der Waals surface area contributed by atoms with Crippen LogP contribution in [0, 0.1) is 23.5 Å². The van der Waals surface area contributed by atoms with Crippen molar-refractivity contribution in [1.29, 1.82) is 0 Å². The number of hydroxylamine groups is 1. The van der Waals surface area contributed by atoms with Gasteiger partial charge in [0.25, 0.3) is 0 Å². The molecule has 0 radical (unpaired) electrons. The van der Waals surface area contributed by atoms with Crippen LogP contribution in [0.4, 0.5) is 8.78 Å². The Morgan fingerprint density at radius 2 is 1.97 bits per heavy atom. The summed E-state index contributed by atoms with van der Waals surface area (Å²) < 4.78 is 32.4. The molecule has 1 saturated heterocycles. The molecule has 0 spiro atoms. The second kappa shape index (κ2) is 14.0. The summed E-state index contributed by atoms with van der Waals surface area (Å²) in [4.78, 5) is 24.4. The fourth-order valence-electron chi connectivity index (χ4n) is 5.48. The molecule has 10 heteroatoms. The van der Waals surface area contributed by atoms with E-state index in [-0.39, 0.29) is 24.3 Å². The van der Waals surface area contributed by atoms with Crippen molar-refractivity contribution < 1.29 is 28.3 Å². The quantitative estimate of drug-likeness (QED) is 0.204. The summed E-state index contributed by atoms with van der Waals surface area (Å²) in [5, 5.41) is 10.6. The van der Waals surface area contributed by atoms with Crippen LogP contribution in [0.1, 0.15) is 37.3 Å². The van der Waals surface area contributed by atoms with Crippen molar-refractivity contribution in [3.63, 3.8) is 0 Å². The number of nitrogens with one attached hydrogen (secondary N) is 1. The van der Waals surface area contributed by atoms with Crippen molar-refractivity contribution in [1.82, 2.24) is 15.4 Å². The highest BCUT2D eigenvalue weighted by atomic mass is 32.2. The summed E-state index contributed by atoms with van der Waals surface area (Å²) >= 11 is 1.40. The van der Waals surface area contributed by atoms with Crippen LogP contribution < -0.4 is 10.2 Å².